The van der Waals surface area contributed by atoms with Crippen LogP contribution in [0.4, 0.5) is 28.8 Å². The molecular weight excluding hydrogens is 340 g/mol. The van der Waals surface area contributed by atoms with Gasteiger partial charge in [0.2, 0.25) is 11.9 Å². The number of aromatic nitrogens is 3. The van der Waals surface area contributed by atoms with Gasteiger partial charge in [0.1, 0.15) is 0 Å². The molecule has 0 bridgehead atoms. The fourth-order valence-corrected chi connectivity index (χ4v) is 2.23. The SMILES string of the molecule is CC(=O)Nc1cccc(Nc2nncc(Nc3ccc(Cl)cc3)n2)c1. The molecule has 0 spiro atoms. The molecule has 0 unspecified atom stereocenters. The third kappa shape index (κ3) is 4.89. The Morgan fingerprint density at radius 2 is 1.76 bits per heavy atom. The van der Waals surface area contributed by atoms with E-state index in [1.165, 1.54) is 13.1 Å². The van der Waals surface area contributed by atoms with E-state index in [4.69, 9.17) is 11.6 Å². The topological polar surface area (TPSA) is 91.8 Å². The first kappa shape index (κ1) is 16.7. The number of halogens is 1. The molecule has 25 heavy (non-hydrogen) atoms. The maximum atomic E-state index is 11.1. The third-order valence-electron chi connectivity index (χ3n) is 3.11. The van der Waals surface area contributed by atoms with Crippen LogP contribution >= 0.6 is 11.6 Å². The number of carbonyl (C=O) groups excluding carboxylic acids is 1. The van der Waals surface area contributed by atoms with Gasteiger partial charge in [0, 0.05) is 29.0 Å². The van der Waals surface area contributed by atoms with Crippen LogP contribution in [0.15, 0.2) is 54.7 Å². The number of carbonyl (C=O) groups is 1. The van der Waals surface area contributed by atoms with Crippen LogP contribution in [0.2, 0.25) is 5.02 Å². The first-order valence-electron chi connectivity index (χ1n) is 7.45. The van der Waals surface area contributed by atoms with E-state index in [1.54, 1.807) is 24.3 Å². The minimum atomic E-state index is -0.135. The zero-order valence-corrected chi connectivity index (χ0v) is 14.1. The molecule has 0 saturated heterocycles. The Balaban J connectivity index is 1.73. The molecule has 0 aliphatic heterocycles. The lowest BCUT2D eigenvalue weighted by Gasteiger charge is -2.09. The Morgan fingerprint density at radius 1 is 1.00 bits per heavy atom. The summed E-state index contributed by atoms with van der Waals surface area (Å²) in [4.78, 5) is 15.5. The highest BCUT2D eigenvalue weighted by atomic mass is 35.5. The molecule has 7 nitrogen and oxygen atoms in total. The number of benzene rings is 2. The summed E-state index contributed by atoms with van der Waals surface area (Å²) in [5.74, 6) is 0.737. The van der Waals surface area contributed by atoms with Crippen LogP contribution in [-0.2, 0) is 4.79 Å². The predicted molar refractivity (Wildman–Crippen MR) is 98.6 cm³/mol. The summed E-state index contributed by atoms with van der Waals surface area (Å²) in [6.07, 6.45) is 1.52. The van der Waals surface area contributed by atoms with Crippen LogP contribution in [0.3, 0.4) is 0 Å². The molecule has 3 aromatic rings. The van der Waals surface area contributed by atoms with Crippen molar-refractivity contribution >= 4 is 46.3 Å². The number of rotatable bonds is 5. The summed E-state index contributed by atoms with van der Waals surface area (Å²) in [6.45, 7) is 1.46. The Hall–Kier alpha value is -3.19. The number of hydrogen-bond acceptors (Lipinski definition) is 6. The van der Waals surface area contributed by atoms with Gasteiger partial charge in [0.15, 0.2) is 5.82 Å². The predicted octanol–water partition coefficient (Wildman–Crippen LogP) is 3.97. The molecule has 0 radical (unpaired) electrons. The van der Waals surface area contributed by atoms with Gasteiger partial charge in [-0.05, 0) is 42.5 Å². The Morgan fingerprint density at radius 3 is 2.52 bits per heavy atom. The zero-order valence-electron chi connectivity index (χ0n) is 13.3. The number of hydrogen-bond donors (Lipinski definition) is 3. The van der Waals surface area contributed by atoms with E-state index >= 15 is 0 Å². The van der Waals surface area contributed by atoms with Crippen LogP contribution in [-0.4, -0.2) is 21.1 Å². The third-order valence-corrected chi connectivity index (χ3v) is 3.37. The number of amides is 1. The summed E-state index contributed by atoms with van der Waals surface area (Å²) in [6, 6.07) is 14.5. The summed E-state index contributed by atoms with van der Waals surface area (Å²) in [5.41, 5.74) is 2.25. The first-order valence-corrected chi connectivity index (χ1v) is 7.83. The van der Waals surface area contributed by atoms with Crippen LogP contribution in [0.5, 0.6) is 0 Å². The van der Waals surface area contributed by atoms with Gasteiger partial charge in [0.05, 0.1) is 6.20 Å². The minimum Gasteiger partial charge on any atom is -0.339 e. The molecule has 3 rings (SSSR count). The zero-order chi connectivity index (χ0) is 17.6. The van der Waals surface area contributed by atoms with E-state index in [2.05, 4.69) is 31.1 Å². The second-order valence-electron chi connectivity index (χ2n) is 5.18. The lowest BCUT2D eigenvalue weighted by atomic mass is 10.3. The molecule has 1 amide bonds. The van der Waals surface area contributed by atoms with Crippen molar-refractivity contribution in [3.05, 3.63) is 59.8 Å². The van der Waals surface area contributed by atoms with Gasteiger partial charge in [-0.3, -0.25) is 4.79 Å². The van der Waals surface area contributed by atoms with E-state index in [0.717, 1.165) is 11.4 Å². The van der Waals surface area contributed by atoms with Crippen LogP contribution in [0.25, 0.3) is 0 Å². The summed E-state index contributed by atoms with van der Waals surface area (Å²) in [7, 11) is 0. The van der Waals surface area contributed by atoms with Crippen molar-refractivity contribution in [1.82, 2.24) is 15.2 Å². The Kier molecular flexibility index (Phi) is 5.06. The molecular formula is C17H15ClN6O. The molecule has 0 aliphatic carbocycles. The summed E-state index contributed by atoms with van der Waals surface area (Å²) >= 11 is 5.87. The highest BCUT2D eigenvalue weighted by Crippen LogP contribution is 2.20. The van der Waals surface area contributed by atoms with Crippen LogP contribution in [0.1, 0.15) is 6.92 Å². The van der Waals surface area contributed by atoms with Gasteiger partial charge in [-0.25, -0.2) is 0 Å². The Labute approximate surface area is 149 Å². The fraction of sp³-hybridized carbons (Fsp3) is 0.0588. The molecule has 126 valence electrons. The molecule has 1 aromatic heterocycles. The van der Waals surface area contributed by atoms with Gasteiger partial charge in [-0.1, -0.05) is 17.7 Å². The quantitative estimate of drug-likeness (QED) is 0.642. The smallest absolute Gasteiger partial charge is 0.249 e. The second kappa shape index (κ2) is 7.59. The average molecular weight is 355 g/mol. The van der Waals surface area contributed by atoms with Crippen molar-refractivity contribution in [2.24, 2.45) is 0 Å². The van der Waals surface area contributed by atoms with E-state index in [-0.39, 0.29) is 5.91 Å². The monoisotopic (exact) mass is 354 g/mol. The van der Waals surface area contributed by atoms with Gasteiger partial charge < -0.3 is 16.0 Å². The molecule has 2 aromatic carbocycles. The maximum absolute atomic E-state index is 11.1. The van der Waals surface area contributed by atoms with Crippen molar-refractivity contribution in [2.45, 2.75) is 6.92 Å². The number of nitrogens with zero attached hydrogens (tertiary/aromatic N) is 3. The van der Waals surface area contributed by atoms with Gasteiger partial charge in [-0.2, -0.15) is 10.1 Å². The van der Waals surface area contributed by atoms with E-state index in [1.807, 2.05) is 24.3 Å². The summed E-state index contributed by atoms with van der Waals surface area (Å²) in [5, 5.41) is 17.5. The van der Waals surface area contributed by atoms with Crippen molar-refractivity contribution in [3.8, 4) is 0 Å². The van der Waals surface area contributed by atoms with Crippen molar-refractivity contribution in [3.63, 3.8) is 0 Å². The second-order valence-corrected chi connectivity index (χ2v) is 5.62. The minimum absolute atomic E-state index is 0.135. The normalized spacial score (nSPS) is 10.2. The van der Waals surface area contributed by atoms with Crippen LogP contribution < -0.4 is 16.0 Å². The van der Waals surface area contributed by atoms with Gasteiger partial charge in [-0.15, -0.1) is 5.10 Å². The van der Waals surface area contributed by atoms with E-state index < -0.39 is 0 Å². The van der Waals surface area contributed by atoms with Crippen molar-refractivity contribution in [2.75, 3.05) is 16.0 Å². The van der Waals surface area contributed by atoms with E-state index in [9.17, 15) is 4.79 Å². The molecule has 1 heterocycles. The number of nitrogens with one attached hydrogen (secondary N) is 3. The Bertz CT molecular complexity index is 884. The van der Waals surface area contributed by atoms with Gasteiger partial charge >= 0.3 is 0 Å². The van der Waals surface area contributed by atoms with Crippen LogP contribution in [0, 0.1) is 0 Å². The molecule has 3 N–H and O–H groups in total. The molecule has 0 aliphatic rings. The van der Waals surface area contributed by atoms with Gasteiger partial charge in [0.25, 0.3) is 0 Å². The summed E-state index contributed by atoms with van der Waals surface area (Å²) < 4.78 is 0. The first-order chi connectivity index (χ1) is 12.1. The fourth-order valence-electron chi connectivity index (χ4n) is 2.10. The lowest BCUT2D eigenvalue weighted by Crippen LogP contribution is -2.06. The standard InChI is InChI=1S/C17H15ClN6O/c1-11(25)20-14-3-2-4-15(9-14)22-17-23-16(10-19-24-17)21-13-7-5-12(18)6-8-13/h2-10H,1H3,(H,20,25)(H2,21,22,23,24). The highest BCUT2D eigenvalue weighted by Gasteiger charge is 2.04. The highest BCUT2D eigenvalue weighted by molar-refractivity contribution is 6.30. The molecule has 0 fully saturated rings. The average Bonchev–Trinajstić information content (AvgIpc) is 2.57. The molecule has 0 saturated carbocycles. The molecule has 8 heteroatoms. The molecule has 0 atom stereocenters. The largest absolute Gasteiger partial charge is 0.339 e. The van der Waals surface area contributed by atoms with E-state index in [0.29, 0.717) is 22.5 Å². The lowest BCUT2D eigenvalue weighted by molar-refractivity contribution is -0.114. The maximum Gasteiger partial charge on any atom is 0.249 e. The van der Waals surface area contributed by atoms with Crippen molar-refractivity contribution in [1.29, 1.82) is 0 Å². The van der Waals surface area contributed by atoms with Crippen molar-refractivity contribution < 1.29 is 4.79 Å². The number of anilines is 5.